The van der Waals surface area contributed by atoms with E-state index in [2.05, 4.69) is 4.90 Å². The number of hydrogen-bond donors (Lipinski definition) is 0. The molecule has 2 atom stereocenters. The molecular weight excluding hydrogens is 264 g/mol. The first kappa shape index (κ1) is 15.0. The molecule has 21 heavy (non-hydrogen) atoms. The van der Waals surface area contributed by atoms with Gasteiger partial charge in [-0.2, -0.15) is 0 Å². The smallest absolute Gasteiger partial charge is 0.236 e. The summed E-state index contributed by atoms with van der Waals surface area (Å²) in [6.45, 7) is 3.39. The van der Waals surface area contributed by atoms with Gasteiger partial charge in [-0.05, 0) is 51.5 Å². The molecule has 2 aliphatic heterocycles. The van der Waals surface area contributed by atoms with Crippen LogP contribution < -0.4 is 0 Å². The third-order valence-corrected chi connectivity index (χ3v) is 5.53. The van der Waals surface area contributed by atoms with Crippen molar-refractivity contribution in [3.05, 3.63) is 0 Å². The molecule has 3 aliphatic rings. The van der Waals surface area contributed by atoms with Gasteiger partial charge < -0.3 is 4.90 Å². The van der Waals surface area contributed by atoms with E-state index in [1.54, 1.807) is 0 Å². The van der Waals surface area contributed by atoms with Crippen molar-refractivity contribution in [2.24, 2.45) is 5.92 Å². The molecule has 4 nitrogen and oxygen atoms in total. The van der Waals surface area contributed by atoms with Crippen molar-refractivity contribution >= 4 is 11.7 Å². The minimum Gasteiger partial charge on any atom is -0.342 e. The molecule has 3 fully saturated rings. The Bertz CT molecular complexity index is 390. The minimum absolute atomic E-state index is 0.204. The Kier molecular flexibility index (Phi) is 4.94. The van der Waals surface area contributed by atoms with E-state index in [1.165, 1.54) is 12.8 Å². The first-order valence-electron chi connectivity index (χ1n) is 8.80. The zero-order valence-corrected chi connectivity index (χ0v) is 13.1. The van der Waals surface area contributed by atoms with Crippen LogP contribution in [0.5, 0.6) is 0 Å². The molecule has 0 N–H and O–H groups in total. The summed E-state index contributed by atoms with van der Waals surface area (Å²) in [5, 5.41) is 0. The van der Waals surface area contributed by atoms with Gasteiger partial charge in [0.1, 0.15) is 5.78 Å². The predicted molar refractivity (Wildman–Crippen MR) is 82.0 cm³/mol. The number of Topliss-reactive ketones (excluding diaryl/α,β-unsaturated/α-hetero) is 1. The van der Waals surface area contributed by atoms with E-state index < -0.39 is 0 Å². The number of likely N-dealkylation sites (tertiary alicyclic amines) is 2. The Hall–Kier alpha value is -0.900. The summed E-state index contributed by atoms with van der Waals surface area (Å²) in [6, 6.07) is 0.339. The number of nitrogens with zero attached hydrogens (tertiary/aromatic N) is 2. The van der Waals surface area contributed by atoms with Crippen LogP contribution in [0.25, 0.3) is 0 Å². The number of rotatable bonds is 3. The summed E-state index contributed by atoms with van der Waals surface area (Å²) in [5.41, 5.74) is 0. The van der Waals surface area contributed by atoms with Crippen LogP contribution in [0.4, 0.5) is 0 Å². The SMILES string of the molecule is O=C1CCCCC1C1CCCN1CC(=O)N1CCCCC1. The Labute approximate surface area is 127 Å². The minimum atomic E-state index is 0.204. The van der Waals surface area contributed by atoms with Gasteiger partial charge in [0.05, 0.1) is 6.54 Å². The van der Waals surface area contributed by atoms with Crippen molar-refractivity contribution in [1.82, 2.24) is 9.80 Å². The first-order valence-corrected chi connectivity index (χ1v) is 8.80. The monoisotopic (exact) mass is 292 g/mol. The molecule has 0 spiro atoms. The number of carbonyl (C=O) groups is 2. The van der Waals surface area contributed by atoms with Gasteiger partial charge in [-0.1, -0.05) is 6.42 Å². The molecule has 0 bridgehead atoms. The van der Waals surface area contributed by atoms with E-state index in [0.29, 0.717) is 18.4 Å². The normalized spacial score (nSPS) is 31.6. The molecule has 1 amide bonds. The fraction of sp³-hybridized carbons (Fsp3) is 0.882. The zero-order valence-electron chi connectivity index (χ0n) is 13.1. The highest BCUT2D eigenvalue weighted by molar-refractivity contribution is 5.83. The van der Waals surface area contributed by atoms with E-state index in [1.807, 2.05) is 4.90 Å². The highest BCUT2D eigenvalue weighted by atomic mass is 16.2. The van der Waals surface area contributed by atoms with Gasteiger partial charge >= 0.3 is 0 Å². The maximum atomic E-state index is 12.5. The molecule has 2 heterocycles. The lowest BCUT2D eigenvalue weighted by Crippen LogP contribution is -2.47. The number of hydrogen-bond acceptors (Lipinski definition) is 3. The van der Waals surface area contributed by atoms with Crippen molar-refractivity contribution in [3.63, 3.8) is 0 Å². The summed E-state index contributed by atoms with van der Waals surface area (Å²) in [7, 11) is 0. The standard InChI is InChI=1S/C17H28N2O2/c20-16-9-3-2-7-14(16)15-8-6-12-19(15)13-17(21)18-10-4-1-5-11-18/h14-15H,1-13H2. The van der Waals surface area contributed by atoms with Crippen molar-refractivity contribution in [3.8, 4) is 0 Å². The average Bonchev–Trinajstić information content (AvgIpc) is 2.96. The van der Waals surface area contributed by atoms with E-state index in [-0.39, 0.29) is 11.8 Å². The van der Waals surface area contributed by atoms with E-state index in [9.17, 15) is 9.59 Å². The number of carbonyl (C=O) groups excluding carboxylic acids is 2. The molecule has 2 saturated heterocycles. The van der Waals surface area contributed by atoms with Gasteiger partial charge in [0.2, 0.25) is 5.91 Å². The summed E-state index contributed by atoms with van der Waals surface area (Å²) >= 11 is 0. The predicted octanol–water partition coefficient (Wildman–Crippen LogP) is 2.22. The van der Waals surface area contributed by atoms with Crippen LogP contribution in [0.15, 0.2) is 0 Å². The van der Waals surface area contributed by atoms with Crippen LogP contribution in [0.3, 0.4) is 0 Å². The molecule has 118 valence electrons. The molecule has 1 aliphatic carbocycles. The van der Waals surface area contributed by atoms with Crippen LogP contribution in [0, 0.1) is 5.92 Å². The Balaban J connectivity index is 1.58. The summed E-state index contributed by atoms with van der Waals surface area (Å²) < 4.78 is 0. The molecule has 3 rings (SSSR count). The number of amides is 1. The highest BCUT2D eigenvalue weighted by Gasteiger charge is 2.37. The van der Waals surface area contributed by atoms with Gasteiger partial charge in [-0.3, -0.25) is 14.5 Å². The maximum Gasteiger partial charge on any atom is 0.236 e. The largest absolute Gasteiger partial charge is 0.342 e. The Morgan fingerprint density at radius 1 is 0.952 bits per heavy atom. The highest BCUT2D eigenvalue weighted by Crippen LogP contribution is 2.32. The summed E-state index contributed by atoms with van der Waals surface area (Å²) in [6.07, 6.45) is 9.84. The molecular formula is C17H28N2O2. The molecule has 2 unspecified atom stereocenters. The topological polar surface area (TPSA) is 40.6 Å². The van der Waals surface area contributed by atoms with Crippen LogP contribution in [0.2, 0.25) is 0 Å². The first-order chi connectivity index (χ1) is 10.3. The molecule has 0 aromatic carbocycles. The second kappa shape index (κ2) is 6.91. The van der Waals surface area contributed by atoms with Crippen molar-refractivity contribution < 1.29 is 9.59 Å². The fourth-order valence-electron chi connectivity index (χ4n) is 4.34. The molecule has 0 aromatic rings. The number of ketones is 1. The quantitative estimate of drug-likeness (QED) is 0.801. The molecule has 0 aromatic heterocycles. The third-order valence-electron chi connectivity index (χ3n) is 5.53. The summed E-state index contributed by atoms with van der Waals surface area (Å²) in [5.74, 6) is 0.934. The van der Waals surface area contributed by atoms with Gasteiger partial charge in [-0.25, -0.2) is 0 Å². The Morgan fingerprint density at radius 3 is 2.52 bits per heavy atom. The van der Waals surface area contributed by atoms with E-state index in [0.717, 1.165) is 64.6 Å². The van der Waals surface area contributed by atoms with Gasteiger partial charge in [-0.15, -0.1) is 0 Å². The second-order valence-electron chi connectivity index (χ2n) is 6.94. The van der Waals surface area contributed by atoms with Gasteiger partial charge in [0.25, 0.3) is 0 Å². The molecule has 4 heteroatoms. The van der Waals surface area contributed by atoms with Crippen LogP contribution in [-0.2, 0) is 9.59 Å². The van der Waals surface area contributed by atoms with E-state index in [4.69, 9.17) is 0 Å². The fourth-order valence-corrected chi connectivity index (χ4v) is 4.34. The van der Waals surface area contributed by atoms with Crippen molar-refractivity contribution in [1.29, 1.82) is 0 Å². The maximum absolute atomic E-state index is 12.5. The second-order valence-corrected chi connectivity index (χ2v) is 6.94. The van der Waals surface area contributed by atoms with Crippen molar-refractivity contribution in [2.45, 2.75) is 63.8 Å². The van der Waals surface area contributed by atoms with Gasteiger partial charge in [0.15, 0.2) is 0 Å². The third kappa shape index (κ3) is 3.47. The molecule has 1 saturated carbocycles. The lowest BCUT2D eigenvalue weighted by Gasteiger charge is -2.34. The zero-order chi connectivity index (χ0) is 14.7. The Morgan fingerprint density at radius 2 is 1.76 bits per heavy atom. The number of piperidine rings is 1. The lowest BCUT2D eigenvalue weighted by atomic mass is 9.82. The average molecular weight is 292 g/mol. The van der Waals surface area contributed by atoms with Gasteiger partial charge in [0, 0.05) is 31.5 Å². The lowest BCUT2D eigenvalue weighted by molar-refractivity contribution is -0.135. The van der Waals surface area contributed by atoms with Crippen LogP contribution >= 0.6 is 0 Å². The molecule has 0 radical (unpaired) electrons. The van der Waals surface area contributed by atoms with Crippen LogP contribution in [-0.4, -0.2) is 53.7 Å². The van der Waals surface area contributed by atoms with E-state index >= 15 is 0 Å². The van der Waals surface area contributed by atoms with Crippen molar-refractivity contribution in [2.75, 3.05) is 26.2 Å². The summed E-state index contributed by atoms with van der Waals surface area (Å²) in [4.78, 5) is 29.0. The van der Waals surface area contributed by atoms with Crippen LogP contribution in [0.1, 0.15) is 57.8 Å².